The minimum Gasteiger partial charge on any atom is -0.362 e. The van der Waals surface area contributed by atoms with E-state index in [0.717, 1.165) is 11.3 Å². The third kappa shape index (κ3) is 5.75. The van der Waals surface area contributed by atoms with Crippen LogP contribution < -0.4 is 15.3 Å². The molecule has 3 aromatic carbocycles. The molecule has 1 N–H and O–H groups in total. The maximum absolute atomic E-state index is 13.2. The first-order valence-electron chi connectivity index (χ1n) is 11.4. The Morgan fingerprint density at radius 3 is 2.17 bits per heavy atom. The number of nitrogens with one attached hydrogen (secondary N) is 1. The highest BCUT2D eigenvalue weighted by molar-refractivity contribution is 5.96. The lowest BCUT2D eigenvalue weighted by molar-refractivity contribution is -0.384. The zero-order valence-corrected chi connectivity index (χ0v) is 19.5. The van der Waals surface area contributed by atoms with E-state index in [1.165, 1.54) is 13.0 Å². The van der Waals surface area contributed by atoms with Crippen molar-refractivity contribution in [2.75, 3.05) is 36.1 Å². The minimum absolute atomic E-state index is 0.00959. The monoisotopic (exact) mass is 473 g/mol. The van der Waals surface area contributed by atoms with E-state index in [2.05, 4.69) is 5.43 Å². The lowest BCUT2D eigenvalue weighted by atomic mass is 10.1. The Morgan fingerprint density at radius 2 is 1.57 bits per heavy atom. The summed E-state index contributed by atoms with van der Waals surface area (Å²) in [6.45, 7) is 3.93. The van der Waals surface area contributed by atoms with Crippen molar-refractivity contribution in [2.24, 2.45) is 0 Å². The first kappa shape index (κ1) is 23.7. The van der Waals surface area contributed by atoms with Gasteiger partial charge in [0.25, 0.3) is 11.6 Å². The molecule has 0 spiro atoms. The second-order valence-corrected chi connectivity index (χ2v) is 8.30. The predicted octanol–water partition coefficient (Wildman–Crippen LogP) is 3.61. The molecule has 0 unspecified atom stereocenters. The summed E-state index contributed by atoms with van der Waals surface area (Å²) >= 11 is 0. The van der Waals surface area contributed by atoms with Crippen LogP contribution in [-0.4, -0.2) is 47.8 Å². The third-order valence-electron chi connectivity index (χ3n) is 5.99. The number of benzene rings is 3. The number of rotatable bonds is 7. The highest BCUT2D eigenvalue weighted by atomic mass is 16.6. The van der Waals surface area contributed by atoms with Crippen LogP contribution >= 0.6 is 0 Å². The summed E-state index contributed by atoms with van der Waals surface area (Å²) in [5.41, 5.74) is 5.19. The molecule has 1 fully saturated rings. The molecule has 1 aliphatic heterocycles. The molecule has 0 bridgehead atoms. The van der Waals surface area contributed by atoms with E-state index in [9.17, 15) is 19.7 Å². The van der Waals surface area contributed by atoms with Gasteiger partial charge in [0, 0.05) is 44.7 Å². The number of piperazine rings is 1. The fourth-order valence-electron chi connectivity index (χ4n) is 4.10. The molecule has 0 atom stereocenters. The van der Waals surface area contributed by atoms with Crippen LogP contribution in [0.2, 0.25) is 0 Å². The Morgan fingerprint density at radius 1 is 0.943 bits per heavy atom. The molecule has 9 heteroatoms. The Balaban J connectivity index is 1.55. The number of hydrogen-bond donors (Lipinski definition) is 1. The van der Waals surface area contributed by atoms with E-state index in [4.69, 9.17) is 0 Å². The van der Waals surface area contributed by atoms with Crippen LogP contribution in [0, 0.1) is 10.1 Å². The number of para-hydroxylation sites is 1. The van der Waals surface area contributed by atoms with Gasteiger partial charge in [-0.15, -0.1) is 0 Å². The quantitative estimate of drug-likeness (QED) is 0.416. The fraction of sp³-hybridized carbons (Fsp3) is 0.231. The lowest BCUT2D eigenvalue weighted by Gasteiger charge is -2.35. The molecule has 0 radical (unpaired) electrons. The topological polar surface area (TPSA) is 99.0 Å². The summed E-state index contributed by atoms with van der Waals surface area (Å²) in [4.78, 5) is 39.8. The first-order chi connectivity index (χ1) is 16.9. The van der Waals surface area contributed by atoms with Crippen molar-refractivity contribution in [3.05, 3.63) is 100 Å². The van der Waals surface area contributed by atoms with Gasteiger partial charge in [-0.2, -0.15) is 0 Å². The second-order valence-electron chi connectivity index (χ2n) is 8.30. The molecule has 35 heavy (non-hydrogen) atoms. The Bertz CT molecular complexity index is 1190. The summed E-state index contributed by atoms with van der Waals surface area (Å²) < 4.78 is 0. The van der Waals surface area contributed by atoms with Crippen molar-refractivity contribution in [3.63, 3.8) is 0 Å². The number of hydrazine groups is 1. The van der Waals surface area contributed by atoms with Crippen LogP contribution in [0.1, 0.15) is 22.8 Å². The molecular formula is C26H27N5O4. The fourth-order valence-corrected chi connectivity index (χ4v) is 4.10. The molecule has 4 rings (SSSR count). The van der Waals surface area contributed by atoms with Crippen LogP contribution in [0.3, 0.4) is 0 Å². The van der Waals surface area contributed by atoms with E-state index in [1.807, 2.05) is 65.6 Å². The van der Waals surface area contributed by atoms with Gasteiger partial charge in [0.15, 0.2) is 0 Å². The summed E-state index contributed by atoms with van der Waals surface area (Å²) in [5, 5.41) is 13.6. The molecule has 1 aliphatic rings. The molecule has 9 nitrogen and oxygen atoms in total. The average molecular weight is 474 g/mol. The Labute approximate surface area is 203 Å². The highest BCUT2D eigenvalue weighted by Gasteiger charge is 2.26. The number of nitrogens with zero attached hydrogens (tertiary/aromatic N) is 4. The second kappa shape index (κ2) is 10.7. The normalized spacial score (nSPS) is 13.3. The number of carbonyl (C=O) groups excluding carboxylic acids is 2. The van der Waals surface area contributed by atoms with Crippen molar-refractivity contribution in [2.45, 2.75) is 13.5 Å². The van der Waals surface area contributed by atoms with Crippen molar-refractivity contribution >= 4 is 28.9 Å². The van der Waals surface area contributed by atoms with Gasteiger partial charge in [0.2, 0.25) is 5.91 Å². The maximum atomic E-state index is 13.2. The third-order valence-corrected chi connectivity index (χ3v) is 5.99. The van der Waals surface area contributed by atoms with Crippen LogP contribution in [-0.2, 0) is 11.3 Å². The summed E-state index contributed by atoms with van der Waals surface area (Å²) in [7, 11) is 0. The molecule has 3 aromatic rings. The minimum atomic E-state index is -0.470. The number of anilines is 2. The van der Waals surface area contributed by atoms with E-state index in [0.29, 0.717) is 38.4 Å². The average Bonchev–Trinajstić information content (AvgIpc) is 2.89. The van der Waals surface area contributed by atoms with E-state index >= 15 is 0 Å². The van der Waals surface area contributed by atoms with Crippen molar-refractivity contribution in [3.8, 4) is 0 Å². The number of hydrogen-bond acceptors (Lipinski definition) is 6. The van der Waals surface area contributed by atoms with Crippen LogP contribution in [0.5, 0.6) is 0 Å². The number of amides is 2. The van der Waals surface area contributed by atoms with E-state index in [-0.39, 0.29) is 17.2 Å². The van der Waals surface area contributed by atoms with Gasteiger partial charge in [0.1, 0.15) is 5.69 Å². The summed E-state index contributed by atoms with van der Waals surface area (Å²) in [6.07, 6.45) is 0. The Kier molecular flexibility index (Phi) is 7.25. The van der Waals surface area contributed by atoms with Crippen LogP contribution in [0.25, 0.3) is 0 Å². The van der Waals surface area contributed by atoms with Crippen molar-refractivity contribution in [1.82, 2.24) is 10.3 Å². The molecule has 180 valence electrons. The molecule has 0 aromatic heterocycles. The summed E-state index contributed by atoms with van der Waals surface area (Å²) in [6, 6.07) is 23.7. The Hall–Kier alpha value is -4.40. The van der Waals surface area contributed by atoms with E-state index < -0.39 is 10.8 Å². The van der Waals surface area contributed by atoms with Crippen molar-refractivity contribution < 1.29 is 14.5 Å². The number of nitro benzene ring substituents is 1. The van der Waals surface area contributed by atoms with E-state index in [1.54, 1.807) is 22.0 Å². The van der Waals surface area contributed by atoms with Gasteiger partial charge in [-0.05, 0) is 29.8 Å². The number of carbonyl (C=O) groups is 2. The van der Waals surface area contributed by atoms with Gasteiger partial charge in [-0.25, -0.2) is 0 Å². The van der Waals surface area contributed by atoms with Crippen LogP contribution in [0.15, 0.2) is 78.9 Å². The molecular weight excluding hydrogens is 446 g/mol. The summed E-state index contributed by atoms with van der Waals surface area (Å²) in [5.74, 6) is -0.453. The highest BCUT2D eigenvalue weighted by Crippen LogP contribution is 2.30. The zero-order chi connectivity index (χ0) is 24.8. The van der Waals surface area contributed by atoms with Crippen molar-refractivity contribution in [1.29, 1.82) is 0 Å². The van der Waals surface area contributed by atoms with Crippen LogP contribution in [0.4, 0.5) is 17.1 Å². The predicted molar refractivity (Wildman–Crippen MR) is 134 cm³/mol. The molecule has 2 amide bonds. The standard InChI is InChI=1S/C26H27N5O4/c1-20(32)28-14-16-29(17-15-28)24-13-12-22(18-25(24)31(34)35)26(33)27-30(23-10-6-3-7-11-23)19-21-8-4-2-5-9-21/h2-13,18H,14-17,19H2,1H3,(H,27,33). The first-order valence-corrected chi connectivity index (χ1v) is 11.4. The van der Waals surface area contributed by atoms with Gasteiger partial charge < -0.3 is 9.80 Å². The van der Waals surface area contributed by atoms with Gasteiger partial charge >= 0.3 is 0 Å². The lowest BCUT2D eigenvalue weighted by Crippen LogP contribution is -2.48. The van der Waals surface area contributed by atoms with Gasteiger partial charge in [-0.1, -0.05) is 48.5 Å². The molecule has 0 aliphatic carbocycles. The largest absolute Gasteiger partial charge is 0.362 e. The molecule has 0 saturated carbocycles. The van der Waals surface area contributed by atoms with Gasteiger partial charge in [0.05, 0.1) is 17.2 Å². The number of nitro groups is 1. The maximum Gasteiger partial charge on any atom is 0.293 e. The molecule has 1 heterocycles. The SMILES string of the molecule is CC(=O)N1CCN(c2ccc(C(=O)NN(Cc3ccccc3)c3ccccc3)cc2[N+](=O)[O-])CC1. The smallest absolute Gasteiger partial charge is 0.293 e. The molecule has 1 saturated heterocycles. The zero-order valence-electron chi connectivity index (χ0n) is 19.5. The van der Waals surface area contributed by atoms with Gasteiger partial charge in [-0.3, -0.25) is 30.1 Å².